The van der Waals surface area contributed by atoms with E-state index < -0.39 is 17.5 Å². The van der Waals surface area contributed by atoms with E-state index in [-0.39, 0.29) is 11.5 Å². The Morgan fingerprint density at radius 3 is 2.50 bits per heavy atom. The predicted molar refractivity (Wildman–Crippen MR) is 95.8 cm³/mol. The largest absolute Gasteiger partial charge is 0.340 e. The molecule has 0 unspecified atom stereocenters. The molecule has 26 heavy (non-hydrogen) atoms. The van der Waals surface area contributed by atoms with Gasteiger partial charge in [0.25, 0.3) is 5.91 Å². The molecule has 0 atom stereocenters. The fourth-order valence-electron chi connectivity index (χ4n) is 2.14. The molecule has 1 aromatic heterocycles. The highest BCUT2D eigenvalue weighted by atomic mass is 35.5. The van der Waals surface area contributed by atoms with Crippen LogP contribution in [0.2, 0.25) is 5.02 Å². The lowest BCUT2D eigenvalue weighted by molar-refractivity contribution is 0.102. The van der Waals surface area contributed by atoms with Crippen LogP contribution < -0.4 is 10.6 Å². The fourth-order valence-corrected chi connectivity index (χ4v) is 2.32. The first-order chi connectivity index (χ1) is 12.4. The number of benzene rings is 2. The Bertz CT molecular complexity index is 981. The Hall–Kier alpha value is -3.06. The second-order valence-electron chi connectivity index (χ2n) is 5.46. The molecule has 132 valence electrons. The Labute approximate surface area is 153 Å². The summed E-state index contributed by atoms with van der Waals surface area (Å²) in [5, 5.41) is 6.01. The lowest BCUT2D eigenvalue weighted by Gasteiger charge is -2.09. The van der Waals surface area contributed by atoms with Gasteiger partial charge >= 0.3 is 0 Å². The van der Waals surface area contributed by atoms with Crippen molar-refractivity contribution in [1.82, 2.24) is 9.97 Å². The van der Waals surface area contributed by atoms with Gasteiger partial charge in [0.2, 0.25) is 0 Å². The average molecular weight is 375 g/mol. The summed E-state index contributed by atoms with van der Waals surface area (Å²) in [4.78, 5) is 20.2. The van der Waals surface area contributed by atoms with Crippen LogP contribution in [0.5, 0.6) is 0 Å². The molecule has 0 aliphatic rings. The van der Waals surface area contributed by atoms with E-state index in [0.717, 1.165) is 17.7 Å². The van der Waals surface area contributed by atoms with Gasteiger partial charge in [0.15, 0.2) is 11.6 Å². The minimum atomic E-state index is -0.988. The van der Waals surface area contributed by atoms with Crippen molar-refractivity contribution in [1.29, 1.82) is 0 Å². The van der Waals surface area contributed by atoms with E-state index in [4.69, 9.17) is 11.6 Å². The second kappa shape index (κ2) is 7.45. The number of carbonyl (C=O) groups excluding carboxylic acids is 1. The Balaban J connectivity index is 1.76. The van der Waals surface area contributed by atoms with Gasteiger partial charge in [-0.25, -0.2) is 18.7 Å². The molecule has 2 aromatic carbocycles. The fraction of sp³-hybridized carbons (Fsp3) is 0.0556. The number of anilines is 3. The van der Waals surface area contributed by atoms with Gasteiger partial charge in [-0.2, -0.15) is 0 Å². The van der Waals surface area contributed by atoms with Gasteiger partial charge in [-0.1, -0.05) is 17.7 Å². The smallest absolute Gasteiger partial charge is 0.274 e. The molecule has 0 fully saturated rings. The second-order valence-corrected chi connectivity index (χ2v) is 5.87. The maximum atomic E-state index is 13.3. The number of aromatic nitrogens is 2. The van der Waals surface area contributed by atoms with Crippen molar-refractivity contribution in [2.75, 3.05) is 10.6 Å². The van der Waals surface area contributed by atoms with Crippen LogP contribution in [0.25, 0.3) is 0 Å². The van der Waals surface area contributed by atoms with Crippen molar-refractivity contribution in [3.63, 3.8) is 0 Å². The first kappa shape index (κ1) is 17.8. The third-order valence-electron chi connectivity index (χ3n) is 3.52. The lowest BCUT2D eigenvalue weighted by atomic mass is 10.2. The highest BCUT2D eigenvalue weighted by molar-refractivity contribution is 6.31. The summed E-state index contributed by atoms with van der Waals surface area (Å²) in [6.45, 7) is 1.86. The molecule has 0 spiro atoms. The SMILES string of the molecule is Cc1ccc(NC(=O)c2cc(Nc3ccc(F)c(F)c3)ncn2)cc1Cl. The van der Waals surface area contributed by atoms with Gasteiger partial charge in [0.05, 0.1) is 0 Å². The van der Waals surface area contributed by atoms with Gasteiger partial charge in [0, 0.05) is 28.5 Å². The predicted octanol–water partition coefficient (Wildman–Crippen LogP) is 4.71. The Morgan fingerprint density at radius 2 is 1.77 bits per heavy atom. The van der Waals surface area contributed by atoms with E-state index in [1.165, 1.54) is 18.5 Å². The van der Waals surface area contributed by atoms with Crippen molar-refractivity contribution in [2.45, 2.75) is 6.92 Å². The number of aryl methyl sites for hydroxylation is 1. The lowest BCUT2D eigenvalue weighted by Crippen LogP contribution is -2.14. The van der Waals surface area contributed by atoms with Gasteiger partial charge < -0.3 is 10.6 Å². The number of hydrogen-bond acceptors (Lipinski definition) is 4. The summed E-state index contributed by atoms with van der Waals surface area (Å²) in [6.07, 6.45) is 1.19. The number of hydrogen-bond donors (Lipinski definition) is 2. The van der Waals surface area contributed by atoms with E-state index in [2.05, 4.69) is 20.6 Å². The Morgan fingerprint density at radius 1 is 1.00 bits per heavy atom. The van der Waals surface area contributed by atoms with Crippen LogP contribution in [0, 0.1) is 18.6 Å². The highest BCUT2D eigenvalue weighted by Crippen LogP contribution is 2.21. The third-order valence-corrected chi connectivity index (χ3v) is 3.93. The van der Waals surface area contributed by atoms with Crippen molar-refractivity contribution >= 4 is 34.7 Å². The number of nitrogens with zero attached hydrogens (tertiary/aromatic N) is 2. The normalized spacial score (nSPS) is 10.5. The Kier molecular flexibility index (Phi) is 5.09. The first-order valence-electron chi connectivity index (χ1n) is 7.54. The van der Waals surface area contributed by atoms with Crippen molar-refractivity contribution in [2.24, 2.45) is 0 Å². The third kappa shape index (κ3) is 4.12. The van der Waals surface area contributed by atoms with Crippen molar-refractivity contribution in [3.8, 4) is 0 Å². The molecule has 0 saturated heterocycles. The minimum Gasteiger partial charge on any atom is -0.340 e. The van der Waals surface area contributed by atoms with Crippen molar-refractivity contribution < 1.29 is 13.6 Å². The quantitative estimate of drug-likeness (QED) is 0.694. The standard InChI is InChI=1S/C18H13ClF2N4O/c1-10-2-3-11(6-13(10)19)25-18(26)16-8-17(23-9-22-16)24-12-4-5-14(20)15(21)7-12/h2-9H,1H3,(H,25,26)(H,22,23,24). The molecule has 0 saturated carbocycles. The molecule has 0 aliphatic carbocycles. The van der Waals surface area contributed by atoms with Crippen LogP contribution in [0.1, 0.15) is 16.1 Å². The van der Waals surface area contributed by atoms with E-state index in [1.807, 2.05) is 6.92 Å². The zero-order valence-electron chi connectivity index (χ0n) is 13.6. The van der Waals surface area contributed by atoms with Gasteiger partial charge in [-0.05, 0) is 36.8 Å². The summed E-state index contributed by atoms with van der Waals surface area (Å²) in [6, 6.07) is 9.88. The van der Waals surface area contributed by atoms with E-state index in [9.17, 15) is 13.6 Å². The van der Waals surface area contributed by atoms with E-state index in [0.29, 0.717) is 16.4 Å². The molecular weight excluding hydrogens is 362 g/mol. The van der Waals surface area contributed by atoms with Crippen LogP contribution in [-0.4, -0.2) is 15.9 Å². The van der Waals surface area contributed by atoms with E-state index >= 15 is 0 Å². The number of halogens is 3. The van der Waals surface area contributed by atoms with Gasteiger partial charge in [-0.3, -0.25) is 4.79 Å². The van der Waals surface area contributed by atoms with Gasteiger partial charge in [0.1, 0.15) is 17.8 Å². The molecule has 2 N–H and O–H groups in total. The minimum absolute atomic E-state index is 0.0989. The molecule has 1 amide bonds. The zero-order chi connectivity index (χ0) is 18.7. The molecule has 3 rings (SSSR count). The maximum absolute atomic E-state index is 13.3. The number of nitrogens with one attached hydrogen (secondary N) is 2. The highest BCUT2D eigenvalue weighted by Gasteiger charge is 2.11. The first-order valence-corrected chi connectivity index (χ1v) is 7.92. The summed E-state index contributed by atoms with van der Waals surface area (Å²) in [5.74, 6) is -2.13. The number of carbonyl (C=O) groups is 1. The molecule has 8 heteroatoms. The molecular formula is C18H13ClF2N4O. The monoisotopic (exact) mass is 374 g/mol. The molecule has 0 bridgehead atoms. The van der Waals surface area contributed by atoms with Crippen LogP contribution in [0.4, 0.5) is 26.0 Å². The van der Waals surface area contributed by atoms with Gasteiger partial charge in [-0.15, -0.1) is 0 Å². The summed E-state index contributed by atoms with van der Waals surface area (Å²) >= 11 is 6.04. The maximum Gasteiger partial charge on any atom is 0.274 e. The molecule has 0 aliphatic heterocycles. The van der Waals surface area contributed by atoms with Crippen LogP contribution in [-0.2, 0) is 0 Å². The van der Waals surface area contributed by atoms with Crippen molar-refractivity contribution in [3.05, 3.63) is 76.7 Å². The van der Waals surface area contributed by atoms with Crippen LogP contribution in [0.3, 0.4) is 0 Å². The summed E-state index contributed by atoms with van der Waals surface area (Å²) in [5.41, 5.74) is 1.81. The zero-order valence-corrected chi connectivity index (χ0v) is 14.3. The molecule has 0 radical (unpaired) electrons. The van der Waals surface area contributed by atoms with Crippen LogP contribution in [0.15, 0.2) is 48.8 Å². The molecule has 5 nitrogen and oxygen atoms in total. The molecule has 1 heterocycles. The number of rotatable bonds is 4. The average Bonchev–Trinajstić information content (AvgIpc) is 2.61. The number of amides is 1. The molecule has 3 aromatic rings. The van der Waals surface area contributed by atoms with E-state index in [1.54, 1.807) is 18.2 Å². The topological polar surface area (TPSA) is 66.9 Å². The van der Waals surface area contributed by atoms with Crippen LogP contribution >= 0.6 is 11.6 Å². The summed E-state index contributed by atoms with van der Waals surface area (Å²) in [7, 11) is 0. The summed E-state index contributed by atoms with van der Waals surface area (Å²) < 4.78 is 26.2.